The highest BCUT2D eigenvalue weighted by molar-refractivity contribution is 5.95. The van der Waals surface area contributed by atoms with Crippen LogP contribution in [-0.2, 0) is 34.2 Å². The molecule has 4 rings (SSSR count). The van der Waals surface area contributed by atoms with E-state index < -0.39 is 47.3 Å². The molecule has 0 spiro atoms. The first-order valence-electron chi connectivity index (χ1n) is 16.4. The van der Waals surface area contributed by atoms with Crippen molar-refractivity contribution in [2.24, 2.45) is 23.0 Å². The number of hydrogen-bond donors (Lipinski definition) is 3. The van der Waals surface area contributed by atoms with E-state index in [0.717, 1.165) is 38.5 Å². The van der Waals surface area contributed by atoms with Gasteiger partial charge in [0.15, 0.2) is 11.9 Å². The van der Waals surface area contributed by atoms with E-state index in [0.29, 0.717) is 18.4 Å². The minimum atomic E-state index is -2.09. The van der Waals surface area contributed by atoms with Gasteiger partial charge in [0.1, 0.15) is 42.8 Å². The first kappa shape index (κ1) is 35.3. The number of amides is 1. The number of esters is 2. The number of nitriles is 1. The van der Waals surface area contributed by atoms with Crippen molar-refractivity contribution in [2.75, 3.05) is 11.9 Å². The molecule has 2 fully saturated rings. The summed E-state index contributed by atoms with van der Waals surface area (Å²) in [5.74, 6) is -1.17. The molecule has 13 heteroatoms. The number of nitrogens with two attached hydrogens (primary N) is 1. The lowest BCUT2D eigenvalue weighted by Crippen LogP contribution is -2.49. The van der Waals surface area contributed by atoms with E-state index in [9.17, 15) is 24.8 Å². The topological polar surface area (TPSA) is 191 Å². The normalized spacial score (nSPS) is 24.7. The van der Waals surface area contributed by atoms with Gasteiger partial charge in [-0.1, -0.05) is 60.3 Å². The maximum atomic E-state index is 13.1. The van der Waals surface area contributed by atoms with Gasteiger partial charge >= 0.3 is 11.9 Å². The predicted molar refractivity (Wildman–Crippen MR) is 168 cm³/mol. The molecule has 1 aliphatic carbocycles. The lowest BCUT2D eigenvalue weighted by molar-refractivity contribution is -0.163. The van der Waals surface area contributed by atoms with Gasteiger partial charge in [0.25, 0.3) is 0 Å². The highest BCUT2D eigenvalue weighted by Crippen LogP contribution is 2.42. The van der Waals surface area contributed by atoms with Crippen molar-refractivity contribution in [1.82, 2.24) is 14.6 Å². The van der Waals surface area contributed by atoms with Crippen LogP contribution in [0.5, 0.6) is 0 Å². The lowest BCUT2D eigenvalue weighted by atomic mass is 9.87. The number of anilines is 1. The molecule has 1 amide bonds. The van der Waals surface area contributed by atoms with Crippen LogP contribution < -0.4 is 11.1 Å². The van der Waals surface area contributed by atoms with Crippen molar-refractivity contribution in [3.63, 3.8) is 0 Å². The number of carbonyl (C=O) groups excluding carboxylic acids is 3. The van der Waals surface area contributed by atoms with Gasteiger partial charge in [0.2, 0.25) is 11.5 Å². The molecule has 5 atom stereocenters. The average Bonchev–Trinajstić information content (AvgIpc) is 3.45. The van der Waals surface area contributed by atoms with Crippen LogP contribution in [0.2, 0.25) is 0 Å². The van der Waals surface area contributed by atoms with Crippen molar-refractivity contribution in [2.45, 2.75) is 122 Å². The maximum absolute atomic E-state index is 13.1. The summed E-state index contributed by atoms with van der Waals surface area (Å²) in [6.45, 7) is 8.83. The summed E-state index contributed by atoms with van der Waals surface area (Å²) in [5.41, 5.74) is 3.90. The molecule has 0 unspecified atom stereocenters. The van der Waals surface area contributed by atoms with Gasteiger partial charge in [-0.3, -0.25) is 14.4 Å². The molecule has 13 nitrogen and oxygen atoms in total. The number of carbonyl (C=O) groups is 3. The Hall–Kier alpha value is -3.60. The summed E-state index contributed by atoms with van der Waals surface area (Å²) < 4.78 is 18.9. The fourth-order valence-electron chi connectivity index (χ4n) is 6.23. The van der Waals surface area contributed by atoms with E-state index in [1.54, 1.807) is 26.8 Å². The van der Waals surface area contributed by atoms with Gasteiger partial charge in [-0.2, -0.15) is 10.4 Å². The van der Waals surface area contributed by atoms with Crippen LogP contribution in [0.15, 0.2) is 18.5 Å². The number of nitrogens with zero attached hydrogens (tertiary/aromatic N) is 4. The Morgan fingerprint density at radius 3 is 2.48 bits per heavy atom. The van der Waals surface area contributed by atoms with E-state index >= 15 is 0 Å². The monoisotopic (exact) mass is 640 g/mol. The zero-order valence-electron chi connectivity index (χ0n) is 27.5. The van der Waals surface area contributed by atoms with Gasteiger partial charge in [-0.15, -0.1) is 0 Å². The maximum Gasteiger partial charge on any atom is 0.323 e. The Morgan fingerprint density at radius 1 is 1.20 bits per heavy atom. The summed E-state index contributed by atoms with van der Waals surface area (Å²) in [7, 11) is 0. The Labute approximate surface area is 270 Å². The minimum Gasteiger partial charge on any atom is -0.463 e. The average molecular weight is 641 g/mol. The molecule has 1 saturated carbocycles. The molecule has 0 aromatic carbocycles. The highest BCUT2D eigenvalue weighted by Gasteiger charge is 2.60. The van der Waals surface area contributed by atoms with Crippen LogP contribution in [-0.4, -0.2) is 68.5 Å². The smallest absolute Gasteiger partial charge is 0.323 e. The Kier molecular flexibility index (Phi) is 11.4. The number of fused-ring (bicyclic) bond motifs is 1. The molecule has 252 valence electrons. The Morgan fingerprint density at radius 2 is 1.87 bits per heavy atom. The van der Waals surface area contributed by atoms with E-state index in [1.807, 2.05) is 13.8 Å². The van der Waals surface area contributed by atoms with Crippen molar-refractivity contribution >= 4 is 29.2 Å². The number of aromatic nitrogens is 3. The zero-order valence-corrected chi connectivity index (χ0v) is 27.5. The van der Waals surface area contributed by atoms with Gasteiger partial charge in [0.05, 0.1) is 5.69 Å². The fraction of sp³-hybridized carbons (Fsp3) is 0.697. The summed E-state index contributed by atoms with van der Waals surface area (Å²) in [4.78, 5) is 43.1. The third-order valence-corrected chi connectivity index (χ3v) is 9.31. The van der Waals surface area contributed by atoms with Crippen LogP contribution in [0.4, 0.5) is 5.82 Å². The van der Waals surface area contributed by atoms with Crippen molar-refractivity contribution in [3.8, 4) is 6.07 Å². The number of nitrogens with one attached hydrogen (secondary N) is 1. The van der Waals surface area contributed by atoms with Gasteiger partial charge in [0, 0.05) is 12.3 Å². The third-order valence-electron chi connectivity index (χ3n) is 9.31. The summed E-state index contributed by atoms with van der Waals surface area (Å²) in [5, 5.41) is 29.4. The molecule has 0 radical (unpaired) electrons. The largest absolute Gasteiger partial charge is 0.463 e. The number of aliphatic hydroxyl groups is 1. The molecule has 2 aliphatic rings. The molecule has 2 aromatic heterocycles. The molecule has 1 aliphatic heterocycles. The van der Waals surface area contributed by atoms with Crippen LogP contribution in [0.1, 0.15) is 98.1 Å². The Balaban J connectivity index is 1.64. The second-order valence-electron chi connectivity index (χ2n) is 13.6. The van der Waals surface area contributed by atoms with E-state index in [2.05, 4.69) is 21.5 Å². The summed E-state index contributed by atoms with van der Waals surface area (Å²) >= 11 is 0. The molecular formula is C33H48N6O7. The van der Waals surface area contributed by atoms with Crippen LogP contribution in [0, 0.1) is 28.6 Å². The standard InChI is InChI=1S/C33H48N6O7/c1-6-21(7-2)30(42)38-29-22-14-15-24(39(22)37-19-36-29)33(18-34)28(41)26(45-31(43)27(35)32(3,4)5)23(46-33)17-44-25(40)16-20-12-10-8-9-11-13-20/h14-15,19-21,23,26-28,41H,6-13,16-17,35H2,1-5H3,(H,36,37,38,42)/t23-,26-,27-,28-,33+/m1/s1. The number of ether oxygens (including phenoxy) is 3. The molecular weight excluding hydrogens is 592 g/mol. The van der Waals surface area contributed by atoms with Crippen molar-refractivity contribution in [3.05, 3.63) is 24.2 Å². The van der Waals surface area contributed by atoms with Crippen LogP contribution in [0.25, 0.3) is 5.52 Å². The van der Waals surface area contributed by atoms with E-state index in [-0.39, 0.29) is 42.3 Å². The first-order valence-corrected chi connectivity index (χ1v) is 16.4. The highest BCUT2D eigenvalue weighted by atomic mass is 16.6. The molecule has 4 N–H and O–H groups in total. The number of hydrogen-bond acceptors (Lipinski definition) is 11. The van der Waals surface area contributed by atoms with E-state index in [1.165, 1.54) is 16.9 Å². The second-order valence-corrected chi connectivity index (χ2v) is 13.6. The SMILES string of the molecule is CCC(CC)C(=O)Nc1ncnn2c([C@]3(C#N)O[C@H](COC(=O)CC4CCCCCC4)[C@@H](OC(=O)[C@@H](N)C(C)(C)C)[C@H]3O)ccc12. The van der Waals surface area contributed by atoms with Gasteiger partial charge < -0.3 is 30.4 Å². The summed E-state index contributed by atoms with van der Waals surface area (Å²) in [6.07, 6.45) is 4.86. The molecule has 1 saturated heterocycles. The van der Waals surface area contributed by atoms with Crippen LogP contribution >= 0.6 is 0 Å². The third kappa shape index (κ3) is 7.51. The molecule has 46 heavy (non-hydrogen) atoms. The molecule has 3 heterocycles. The van der Waals surface area contributed by atoms with Gasteiger partial charge in [-0.05, 0) is 49.1 Å². The quantitative estimate of drug-likeness (QED) is 0.239. The minimum absolute atomic E-state index is 0.117. The second kappa shape index (κ2) is 14.9. The fourth-order valence-corrected chi connectivity index (χ4v) is 6.23. The zero-order chi connectivity index (χ0) is 33.6. The van der Waals surface area contributed by atoms with E-state index in [4.69, 9.17) is 19.9 Å². The summed E-state index contributed by atoms with van der Waals surface area (Å²) in [6, 6.07) is 4.16. The number of rotatable bonds is 11. The van der Waals surface area contributed by atoms with Crippen molar-refractivity contribution < 1.29 is 33.7 Å². The van der Waals surface area contributed by atoms with Crippen molar-refractivity contribution in [1.29, 1.82) is 5.26 Å². The van der Waals surface area contributed by atoms with Crippen LogP contribution in [0.3, 0.4) is 0 Å². The van der Waals surface area contributed by atoms with Gasteiger partial charge in [-0.25, -0.2) is 9.50 Å². The Bertz CT molecular complexity index is 1420. The number of aliphatic hydroxyl groups excluding tert-OH is 1. The first-order chi connectivity index (χ1) is 21.9. The molecule has 0 bridgehead atoms. The lowest BCUT2D eigenvalue weighted by Gasteiger charge is -2.29. The predicted octanol–water partition coefficient (Wildman–Crippen LogP) is 3.77. The molecule has 2 aromatic rings.